The van der Waals surface area contributed by atoms with Gasteiger partial charge in [0.05, 0.1) is 36.4 Å². The van der Waals surface area contributed by atoms with E-state index >= 15 is 0 Å². The smallest absolute Gasteiger partial charge is 0.236 e. The van der Waals surface area contributed by atoms with E-state index in [2.05, 4.69) is 41.8 Å². The van der Waals surface area contributed by atoms with Crippen LogP contribution in [0.2, 0.25) is 0 Å². The summed E-state index contributed by atoms with van der Waals surface area (Å²) in [5.74, 6) is 5.85. The first-order valence-electron chi connectivity index (χ1n) is 19.5. The van der Waals surface area contributed by atoms with E-state index in [1.807, 2.05) is 103 Å². The van der Waals surface area contributed by atoms with Crippen LogP contribution in [0.5, 0.6) is 34.5 Å². The molecule has 2 aromatic heterocycles. The van der Waals surface area contributed by atoms with Crippen LogP contribution < -0.4 is 50.1 Å². The van der Waals surface area contributed by atoms with E-state index in [9.17, 15) is 9.59 Å². The van der Waals surface area contributed by atoms with Crippen LogP contribution in [-0.2, 0) is 20.4 Å². The molecular weight excluding hydrogens is 856 g/mol. The fraction of sp³-hybridized carbons (Fsp3) is 0.234. The van der Waals surface area contributed by atoms with Crippen LogP contribution in [0.4, 0.5) is 28.8 Å². The van der Waals surface area contributed by atoms with Crippen LogP contribution in [0.15, 0.2) is 126 Å². The highest BCUT2D eigenvalue weighted by Crippen LogP contribution is 2.52. The molecule has 2 aliphatic heterocycles. The maximum Gasteiger partial charge on any atom is 0.236 e. The Bertz CT molecular complexity index is 2570. The lowest BCUT2D eigenvalue weighted by Gasteiger charge is -2.16. The largest absolute Gasteiger partial charge is 0.495 e. The molecule has 5 N–H and O–H groups in total. The Labute approximate surface area is 368 Å². The van der Waals surface area contributed by atoms with Gasteiger partial charge in [0, 0.05) is 0 Å². The molecule has 320 valence electrons. The molecule has 0 radical (unpaired) electrons. The quantitative estimate of drug-likeness (QED) is 0.0758. The third-order valence-electron chi connectivity index (χ3n) is 10.7. The van der Waals surface area contributed by atoms with Crippen molar-refractivity contribution in [2.75, 3.05) is 49.5 Å². The zero-order valence-corrected chi connectivity index (χ0v) is 35.0. The highest BCUT2D eigenvalue weighted by molar-refractivity contribution is 9.10. The normalized spacial score (nSPS) is 14.8. The molecule has 0 bridgehead atoms. The number of para-hydroxylation sites is 4. The molecule has 4 aromatic carbocycles. The second kappa shape index (κ2) is 18.7. The molecule has 2 saturated carbocycles. The average Bonchev–Trinajstić information content (AvgIpc) is 4.17. The number of amides is 2. The van der Waals surface area contributed by atoms with Crippen molar-refractivity contribution in [3.8, 4) is 34.5 Å². The number of methoxy groups -OCH3 is 2. The summed E-state index contributed by atoms with van der Waals surface area (Å²) < 4.78 is 32.5. The first kappa shape index (κ1) is 43.1. The molecule has 6 aromatic rings. The lowest BCUT2D eigenvalue weighted by Crippen LogP contribution is -2.28. The van der Waals surface area contributed by atoms with E-state index in [1.54, 1.807) is 32.4 Å². The van der Waals surface area contributed by atoms with Gasteiger partial charge in [0.2, 0.25) is 25.4 Å². The van der Waals surface area contributed by atoms with Crippen molar-refractivity contribution in [1.29, 1.82) is 0 Å². The fourth-order valence-corrected chi connectivity index (χ4v) is 7.35. The summed E-state index contributed by atoms with van der Waals surface area (Å²) in [5.41, 5.74) is 7.86. The molecule has 15 heteroatoms. The fourth-order valence-electron chi connectivity index (χ4n) is 7.01. The predicted molar refractivity (Wildman–Crippen MR) is 241 cm³/mol. The van der Waals surface area contributed by atoms with Crippen LogP contribution in [0.3, 0.4) is 0 Å². The van der Waals surface area contributed by atoms with Crippen molar-refractivity contribution in [3.63, 3.8) is 0 Å². The maximum absolute atomic E-state index is 13.1. The number of nitrogens with two attached hydrogens (primary N) is 1. The van der Waals surface area contributed by atoms with Crippen LogP contribution in [0.25, 0.3) is 0 Å². The maximum atomic E-state index is 13.1. The molecular formula is C47H47BrN6O8. The van der Waals surface area contributed by atoms with Crippen molar-refractivity contribution in [3.05, 3.63) is 137 Å². The molecule has 14 nitrogen and oxygen atoms in total. The predicted octanol–water partition coefficient (Wildman–Crippen LogP) is 9.39. The highest BCUT2D eigenvalue weighted by Gasteiger charge is 2.52. The monoisotopic (exact) mass is 902 g/mol. The summed E-state index contributed by atoms with van der Waals surface area (Å²) >= 11 is 3.30. The minimum absolute atomic E-state index is 0. The van der Waals surface area contributed by atoms with Gasteiger partial charge in [-0.15, -0.1) is 0 Å². The summed E-state index contributed by atoms with van der Waals surface area (Å²) in [6.07, 6.45) is 3.23. The Morgan fingerprint density at radius 1 is 0.597 bits per heavy atom. The number of halogens is 1. The Balaban J connectivity index is 0.000000158. The van der Waals surface area contributed by atoms with Crippen LogP contribution in [-0.4, -0.2) is 49.6 Å². The molecule has 0 spiro atoms. The van der Waals surface area contributed by atoms with Gasteiger partial charge >= 0.3 is 0 Å². The number of fused-ring (bicyclic) bond motifs is 2. The number of carbonyl (C=O) groups excluding carboxylic acids is 2. The Kier molecular flexibility index (Phi) is 13.0. The molecule has 0 atom stereocenters. The molecule has 2 amide bonds. The second-order valence-electron chi connectivity index (χ2n) is 14.5. The molecule has 10 rings (SSSR count). The molecule has 4 aliphatic rings. The van der Waals surface area contributed by atoms with Crippen molar-refractivity contribution in [1.82, 2.24) is 9.97 Å². The number of pyridine rings is 2. The van der Waals surface area contributed by atoms with E-state index in [4.69, 9.17) is 34.2 Å². The molecule has 4 heterocycles. The van der Waals surface area contributed by atoms with Gasteiger partial charge in [-0.1, -0.05) is 56.0 Å². The van der Waals surface area contributed by atoms with Crippen LogP contribution in [0, 0.1) is 0 Å². The number of ether oxygens (including phenoxy) is 6. The summed E-state index contributed by atoms with van der Waals surface area (Å²) in [5, 5.41) is 9.11. The number of aromatic nitrogens is 2. The minimum atomic E-state index is -0.547. The number of nitrogen functional groups attached to an aromatic ring is 1. The van der Waals surface area contributed by atoms with E-state index in [-0.39, 0.29) is 32.8 Å². The Hall–Kier alpha value is -7.00. The van der Waals surface area contributed by atoms with Gasteiger partial charge in [0.25, 0.3) is 0 Å². The summed E-state index contributed by atoms with van der Waals surface area (Å²) in [6.45, 7) is 0.452. The van der Waals surface area contributed by atoms with Crippen molar-refractivity contribution in [2.45, 2.75) is 43.9 Å². The third kappa shape index (κ3) is 9.47. The molecule has 0 unspecified atom stereocenters. The van der Waals surface area contributed by atoms with E-state index in [0.717, 1.165) is 54.0 Å². The number of hydrogen-bond donors (Lipinski definition) is 4. The van der Waals surface area contributed by atoms with Crippen molar-refractivity contribution in [2.24, 2.45) is 0 Å². The molecule has 62 heavy (non-hydrogen) atoms. The summed E-state index contributed by atoms with van der Waals surface area (Å²) in [6, 6.07) is 37.3. The highest BCUT2D eigenvalue weighted by atomic mass is 79.9. The van der Waals surface area contributed by atoms with E-state index in [1.165, 1.54) is 0 Å². The first-order valence-corrected chi connectivity index (χ1v) is 20.3. The summed E-state index contributed by atoms with van der Waals surface area (Å²) in [4.78, 5) is 34.6. The second-order valence-corrected chi connectivity index (χ2v) is 15.3. The van der Waals surface area contributed by atoms with Crippen molar-refractivity contribution < 1.29 is 38.0 Å². The lowest BCUT2D eigenvalue weighted by molar-refractivity contribution is -0.119. The Morgan fingerprint density at radius 2 is 1.08 bits per heavy atom. The number of carbonyl (C=O) groups is 2. The van der Waals surface area contributed by atoms with E-state index in [0.29, 0.717) is 50.7 Å². The van der Waals surface area contributed by atoms with Gasteiger partial charge in [0.15, 0.2) is 23.0 Å². The van der Waals surface area contributed by atoms with Gasteiger partial charge < -0.3 is 50.1 Å². The number of hydrogen-bond acceptors (Lipinski definition) is 12. The van der Waals surface area contributed by atoms with Crippen molar-refractivity contribution >= 4 is 56.6 Å². The van der Waals surface area contributed by atoms with E-state index < -0.39 is 10.8 Å². The van der Waals surface area contributed by atoms with Crippen LogP contribution in [0.1, 0.15) is 44.2 Å². The van der Waals surface area contributed by atoms with Gasteiger partial charge in [-0.2, -0.15) is 0 Å². The van der Waals surface area contributed by atoms with Crippen LogP contribution >= 0.6 is 15.9 Å². The first-order chi connectivity index (χ1) is 29.7. The zero-order valence-electron chi connectivity index (χ0n) is 33.4. The molecule has 0 saturated heterocycles. The number of nitrogens with zero attached hydrogens (tertiary/aromatic N) is 2. The molecule has 2 aliphatic carbocycles. The third-order valence-corrected chi connectivity index (χ3v) is 11.1. The zero-order chi connectivity index (χ0) is 42.4. The SMILES string of the molecule is C.COc1ccccc1N.COc1ccccc1Nc1cccc(NC(=O)C2(c3ccc4c(c3)OCO4)CC2)n1.O=C(Nc1cccc(Br)n1)C1(c2ccc3c(c2)OCO3)CC1. The van der Waals surface area contributed by atoms with Gasteiger partial charge in [-0.3, -0.25) is 9.59 Å². The topological polar surface area (TPSA) is 177 Å². The van der Waals surface area contributed by atoms with Gasteiger partial charge in [-0.05, 0) is 126 Å². The molecule has 2 fully saturated rings. The number of benzene rings is 4. The number of rotatable bonds is 10. The average molecular weight is 904 g/mol. The minimum Gasteiger partial charge on any atom is -0.495 e. The standard InChI is InChI=1S/C23H21N3O4.C16H13BrN2O3.C7H9NO.CH4/c1-28-17-6-3-2-5-16(17)24-20-7-4-8-21(25-20)26-22(27)23(11-12-23)15-9-10-18-19(13-15)30-14-29-18;17-13-2-1-3-14(18-13)19-15(20)16(6-7-16)10-4-5-11-12(8-10)22-9-21-11;1-9-7-5-3-2-4-6(7)8;/h2-10,13H,11-12,14H2,1H3,(H2,24,25,26,27);1-5,8H,6-7,9H2,(H,18,19,20);2-5H,8H2,1H3;1H4. The van der Waals surface area contributed by atoms with Gasteiger partial charge in [0.1, 0.15) is 33.6 Å². The number of anilines is 5. The lowest BCUT2D eigenvalue weighted by atomic mass is 9.94. The number of nitrogens with one attached hydrogen (secondary N) is 3. The Morgan fingerprint density at radius 3 is 1.60 bits per heavy atom. The summed E-state index contributed by atoms with van der Waals surface area (Å²) in [7, 11) is 3.22. The van der Waals surface area contributed by atoms with Gasteiger partial charge in [-0.25, -0.2) is 9.97 Å².